The first-order valence-corrected chi connectivity index (χ1v) is 33.6. The Kier molecular flexibility index (Phi) is 62.6. The normalized spacial score (nSPS) is 12.3. The monoisotopic (exact) mass is 1060 g/mol. The fourth-order valence-electron chi connectivity index (χ4n) is 9.96. The van der Waals surface area contributed by atoms with E-state index in [9.17, 15) is 14.4 Å². The maximum Gasteiger partial charge on any atom is 0.306 e. The second-order valence-corrected chi connectivity index (χ2v) is 22.7. The molecule has 0 spiro atoms. The Morgan fingerprint density at radius 3 is 0.789 bits per heavy atom. The largest absolute Gasteiger partial charge is 0.462 e. The van der Waals surface area contributed by atoms with Crippen molar-refractivity contribution in [2.45, 2.75) is 367 Å². The van der Waals surface area contributed by atoms with E-state index in [0.717, 1.165) is 83.5 Å². The first kappa shape index (κ1) is 73.4. The fourth-order valence-corrected chi connectivity index (χ4v) is 9.96. The second kappa shape index (κ2) is 64.9. The van der Waals surface area contributed by atoms with Gasteiger partial charge in [-0.1, -0.05) is 313 Å². The summed E-state index contributed by atoms with van der Waals surface area (Å²) in [5.74, 6) is -0.872. The zero-order valence-electron chi connectivity index (χ0n) is 51.0. The highest BCUT2D eigenvalue weighted by atomic mass is 16.6. The van der Waals surface area contributed by atoms with Gasteiger partial charge in [0.15, 0.2) is 6.10 Å². The Bertz CT molecular complexity index is 1310. The highest BCUT2D eigenvalue weighted by Crippen LogP contribution is 2.18. The van der Waals surface area contributed by atoms with Gasteiger partial charge in [-0.2, -0.15) is 0 Å². The summed E-state index contributed by atoms with van der Waals surface area (Å²) in [6.07, 6.45) is 81.3. The van der Waals surface area contributed by atoms with Gasteiger partial charge in [0.1, 0.15) is 13.2 Å². The highest BCUT2D eigenvalue weighted by molar-refractivity contribution is 5.71. The smallest absolute Gasteiger partial charge is 0.306 e. The molecule has 0 heterocycles. The Balaban J connectivity index is 4.23. The molecule has 6 heteroatoms. The van der Waals surface area contributed by atoms with Crippen LogP contribution in [0.3, 0.4) is 0 Å². The number of rotatable bonds is 62. The van der Waals surface area contributed by atoms with Gasteiger partial charge < -0.3 is 14.2 Å². The van der Waals surface area contributed by atoms with Gasteiger partial charge in [0.2, 0.25) is 0 Å². The zero-order chi connectivity index (χ0) is 55.0. The van der Waals surface area contributed by atoms with E-state index in [2.05, 4.69) is 69.4 Å². The lowest BCUT2D eigenvalue weighted by atomic mass is 10.0. The first-order chi connectivity index (χ1) is 37.5. The Labute approximate surface area is 473 Å². The molecule has 0 aromatic rings. The van der Waals surface area contributed by atoms with Crippen LogP contribution in [0.1, 0.15) is 361 Å². The molecule has 0 aliphatic rings. The standard InChI is InChI=1S/C70H128O6/c1-4-7-10-13-16-19-22-24-26-28-30-32-34-36-37-39-41-43-45-48-51-54-57-60-63-69(72)75-66-67(65-74-68(71)62-59-56-53-50-47-21-18-15-12-9-6-3)76-70(73)64-61-58-55-52-49-46-44-42-40-38-35-33-31-29-27-25-23-20-17-14-11-8-5-2/h15,18,23,25,29,31,35,38,67H,4-14,16-17,19-22,24,26-28,30,32-34,36-37,39-66H2,1-3H3/b18-15-,25-23-,31-29-,38-35-. The van der Waals surface area contributed by atoms with Crippen LogP contribution in [0.4, 0.5) is 0 Å². The molecule has 444 valence electrons. The number of esters is 3. The number of carbonyl (C=O) groups is 3. The second-order valence-electron chi connectivity index (χ2n) is 22.7. The van der Waals surface area contributed by atoms with Crippen LogP contribution in [0.2, 0.25) is 0 Å². The molecule has 0 saturated heterocycles. The van der Waals surface area contributed by atoms with Gasteiger partial charge >= 0.3 is 17.9 Å². The maximum absolute atomic E-state index is 12.9. The molecule has 0 amide bonds. The molecule has 1 atom stereocenters. The molecule has 0 saturated carbocycles. The number of hydrogen-bond acceptors (Lipinski definition) is 6. The highest BCUT2D eigenvalue weighted by Gasteiger charge is 2.19. The third-order valence-electron chi connectivity index (χ3n) is 15.1. The number of unbranched alkanes of at least 4 members (excludes halogenated alkanes) is 43. The number of allylic oxidation sites excluding steroid dienone is 8. The lowest BCUT2D eigenvalue weighted by Crippen LogP contribution is -2.30. The lowest BCUT2D eigenvalue weighted by molar-refractivity contribution is -0.167. The summed E-state index contributed by atoms with van der Waals surface area (Å²) in [5, 5.41) is 0. The van der Waals surface area contributed by atoms with Crippen molar-refractivity contribution in [3.63, 3.8) is 0 Å². The summed E-state index contributed by atoms with van der Waals surface area (Å²) in [5.41, 5.74) is 0. The molecule has 0 aliphatic heterocycles. The Hall–Kier alpha value is -2.63. The minimum absolute atomic E-state index is 0.0752. The molecule has 0 rings (SSSR count). The van der Waals surface area contributed by atoms with Gasteiger partial charge in [0, 0.05) is 19.3 Å². The van der Waals surface area contributed by atoms with E-state index in [1.807, 2.05) is 0 Å². The average molecular weight is 1070 g/mol. The molecule has 0 aromatic heterocycles. The molecule has 0 fully saturated rings. The van der Waals surface area contributed by atoms with Crippen LogP contribution in [0.15, 0.2) is 48.6 Å². The van der Waals surface area contributed by atoms with E-state index in [-0.39, 0.29) is 31.1 Å². The lowest BCUT2D eigenvalue weighted by Gasteiger charge is -2.18. The third kappa shape index (κ3) is 62.2. The molecule has 1 unspecified atom stereocenters. The molecule has 0 aromatic carbocycles. The van der Waals surface area contributed by atoms with E-state index in [0.29, 0.717) is 19.3 Å². The molecule has 0 bridgehead atoms. The predicted octanol–water partition coefficient (Wildman–Crippen LogP) is 22.9. The summed E-state index contributed by atoms with van der Waals surface area (Å²) in [4.78, 5) is 38.3. The van der Waals surface area contributed by atoms with E-state index in [1.54, 1.807) is 0 Å². The minimum atomic E-state index is -0.779. The van der Waals surface area contributed by atoms with E-state index < -0.39 is 6.10 Å². The van der Waals surface area contributed by atoms with Crippen molar-refractivity contribution in [1.29, 1.82) is 0 Å². The summed E-state index contributed by atoms with van der Waals surface area (Å²) >= 11 is 0. The van der Waals surface area contributed by atoms with Crippen LogP contribution in [0, 0.1) is 0 Å². The van der Waals surface area contributed by atoms with Gasteiger partial charge in [0.05, 0.1) is 0 Å². The van der Waals surface area contributed by atoms with E-state index >= 15 is 0 Å². The van der Waals surface area contributed by atoms with Crippen molar-refractivity contribution in [3.05, 3.63) is 48.6 Å². The number of hydrogen-bond donors (Lipinski definition) is 0. The topological polar surface area (TPSA) is 78.9 Å². The molecule has 76 heavy (non-hydrogen) atoms. The van der Waals surface area contributed by atoms with Crippen LogP contribution in [-0.2, 0) is 28.6 Å². The zero-order valence-corrected chi connectivity index (χ0v) is 51.0. The minimum Gasteiger partial charge on any atom is -0.462 e. The summed E-state index contributed by atoms with van der Waals surface area (Å²) in [6.45, 7) is 6.63. The van der Waals surface area contributed by atoms with Crippen molar-refractivity contribution < 1.29 is 28.6 Å². The quantitative estimate of drug-likeness (QED) is 0.0261. The summed E-state index contributed by atoms with van der Waals surface area (Å²) in [7, 11) is 0. The molecule has 0 aliphatic carbocycles. The van der Waals surface area contributed by atoms with Gasteiger partial charge in [-0.3, -0.25) is 14.4 Å². The fraction of sp³-hybridized carbons (Fsp3) is 0.843. The average Bonchev–Trinajstić information content (AvgIpc) is 3.42. The maximum atomic E-state index is 12.9. The van der Waals surface area contributed by atoms with Crippen LogP contribution >= 0.6 is 0 Å². The Morgan fingerprint density at radius 2 is 0.487 bits per heavy atom. The first-order valence-electron chi connectivity index (χ1n) is 33.6. The van der Waals surface area contributed by atoms with Gasteiger partial charge in [-0.05, 0) is 77.0 Å². The van der Waals surface area contributed by atoms with Crippen LogP contribution in [0.25, 0.3) is 0 Å². The summed E-state index contributed by atoms with van der Waals surface area (Å²) in [6, 6.07) is 0. The van der Waals surface area contributed by atoms with E-state index in [4.69, 9.17) is 14.2 Å². The Morgan fingerprint density at radius 1 is 0.263 bits per heavy atom. The molecule has 6 nitrogen and oxygen atoms in total. The summed E-state index contributed by atoms with van der Waals surface area (Å²) < 4.78 is 16.9. The van der Waals surface area contributed by atoms with Crippen molar-refractivity contribution in [2.24, 2.45) is 0 Å². The molecular formula is C70H128O6. The van der Waals surface area contributed by atoms with Crippen LogP contribution < -0.4 is 0 Å². The van der Waals surface area contributed by atoms with Crippen molar-refractivity contribution >= 4 is 17.9 Å². The number of ether oxygens (including phenoxy) is 3. The molecular weight excluding hydrogens is 937 g/mol. The van der Waals surface area contributed by atoms with Crippen LogP contribution in [-0.4, -0.2) is 37.2 Å². The van der Waals surface area contributed by atoms with E-state index in [1.165, 1.54) is 238 Å². The molecule has 0 N–H and O–H groups in total. The third-order valence-corrected chi connectivity index (χ3v) is 15.1. The van der Waals surface area contributed by atoms with Gasteiger partial charge in [-0.25, -0.2) is 0 Å². The van der Waals surface area contributed by atoms with Crippen molar-refractivity contribution in [2.75, 3.05) is 13.2 Å². The number of carbonyl (C=O) groups excluding carboxylic acids is 3. The van der Waals surface area contributed by atoms with Crippen molar-refractivity contribution in [1.82, 2.24) is 0 Å². The van der Waals surface area contributed by atoms with Crippen molar-refractivity contribution in [3.8, 4) is 0 Å². The van der Waals surface area contributed by atoms with Gasteiger partial charge in [0.25, 0.3) is 0 Å². The predicted molar refractivity (Wildman–Crippen MR) is 330 cm³/mol. The molecule has 0 radical (unpaired) electrons. The van der Waals surface area contributed by atoms with Crippen LogP contribution in [0.5, 0.6) is 0 Å². The SMILES string of the molecule is CCCC/C=C\CCCCCCCC(=O)OCC(COC(=O)CCCCCCCCCCCCCCCCCCCCCCCCCC)OC(=O)CCCCCCCCCC/C=C\C/C=C\C/C=C\CCCCCCC. The van der Waals surface area contributed by atoms with Gasteiger partial charge in [-0.15, -0.1) is 0 Å².